The van der Waals surface area contributed by atoms with Gasteiger partial charge in [-0.15, -0.1) is 0 Å². The monoisotopic (exact) mass is 301 g/mol. The Labute approximate surface area is 127 Å². The zero-order valence-corrected chi connectivity index (χ0v) is 12.8. The largest absolute Gasteiger partial charge is 0.459 e. The first-order chi connectivity index (χ1) is 10.1. The minimum absolute atomic E-state index is 0.707. The number of nitrogens with one attached hydrogen (secondary N) is 1. The summed E-state index contributed by atoms with van der Waals surface area (Å²) in [6.07, 6.45) is 2.86. The van der Waals surface area contributed by atoms with E-state index >= 15 is 0 Å². The van der Waals surface area contributed by atoms with Gasteiger partial charge in [-0.1, -0.05) is 11.6 Å². The van der Waals surface area contributed by atoms with Gasteiger partial charge in [0.05, 0.1) is 10.7 Å². The Kier molecular flexibility index (Phi) is 2.84. The number of aryl methyl sites for hydroxylation is 2. The summed E-state index contributed by atoms with van der Waals surface area (Å²) in [5.41, 5.74) is 5.09. The summed E-state index contributed by atoms with van der Waals surface area (Å²) in [6.45, 7) is 3.78. The standard InChI is InChI=1S/C16H16ClN3O/c1-9-7-10(12-4-6-20(2)19-12)14-11-8-18-5-3-13(11)21-16(14)15(9)17/h4,6-7,18H,3,5,8H2,1-2H3. The van der Waals surface area contributed by atoms with Crippen LogP contribution in [0.2, 0.25) is 5.02 Å². The lowest BCUT2D eigenvalue weighted by Crippen LogP contribution is -2.22. The van der Waals surface area contributed by atoms with E-state index in [0.29, 0.717) is 5.02 Å². The van der Waals surface area contributed by atoms with Crippen molar-refractivity contribution in [1.29, 1.82) is 0 Å². The van der Waals surface area contributed by atoms with Crippen LogP contribution in [0.1, 0.15) is 16.9 Å². The van der Waals surface area contributed by atoms with Crippen LogP contribution < -0.4 is 5.32 Å². The maximum Gasteiger partial charge on any atom is 0.154 e. The van der Waals surface area contributed by atoms with Crippen LogP contribution in [0.25, 0.3) is 22.2 Å². The van der Waals surface area contributed by atoms with E-state index in [1.807, 2.05) is 30.9 Å². The number of halogens is 1. The summed E-state index contributed by atoms with van der Waals surface area (Å²) >= 11 is 6.47. The molecule has 0 aliphatic carbocycles. The van der Waals surface area contributed by atoms with Crippen molar-refractivity contribution in [2.45, 2.75) is 19.9 Å². The molecule has 0 bridgehead atoms. The van der Waals surface area contributed by atoms with Crippen molar-refractivity contribution in [3.05, 3.63) is 40.2 Å². The second-order valence-corrected chi connectivity index (χ2v) is 5.94. The van der Waals surface area contributed by atoms with Crippen LogP contribution in [-0.4, -0.2) is 16.3 Å². The third kappa shape index (κ3) is 1.90. The van der Waals surface area contributed by atoms with Crippen molar-refractivity contribution in [3.63, 3.8) is 0 Å². The van der Waals surface area contributed by atoms with E-state index in [-0.39, 0.29) is 0 Å². The van der Waals surface area contributed by atoms with Crippen LogP contribution >= 0.6 is 11.6 Å². The minimum Gasteiger partial charge on any atom is -0.459 e. The van der Waals surface area contributed by atoms with Crippen molar-refractivity contribution in [2.24, 2.45) is 7.05 Å². The fourth-order valence-electron chi connectivity index (χ4n) is 3.05. The molecule has 0 amide bonds. The summed E-state index contributed by atoms with van der Waals surface area (Å²) in [6, 6.07) is 4.13. The zero-order chi connectivity index (χ0) is 14.6. The van der Waals surface area contributed by atoms with E-state index < -0.39 is 0 Å². The highest BCUT2D eigenvalue weighted by Gasteiger charge is 2.23. The van der Waals surface area contributed by atoms with E-state index in [9.17, 15) is 0 Å². The summed E-state index contributed by atoms with van der Waals surface area (Å²) in [5.74, 6) is 1.05. The minimum atomic E-state index is 0.707. The molecule has 0 fully saturated rings. The molecule has 1 aliphatic heterocycles. The van der Waals surface area contributed by atoms with Gasteiger partial charge in [0.25, 0.3) is 0 Å². The molecule has 5 heteroatoms. The highest BCUT2D eigenvalue weighted by molar-refractivity contribution is 6.36. The van der Waals surface area contributed by atoms with Crippen LogP contribution in [0.5, 0.6) is 0 Å². The molecule has 3 aromatic rings. The number of fused-ring (bicyclic) bond motifs is 3. The van der Waals surface area contributed by atoms with Crippen LogP contribution in [0.15, 0.2) is 22.7 Å². The zero-order valence-electron chi connectivity index (χ0n) is 12.0. The fraction of sp³-hybridized carbons (Fsp3) is 0.312. The average Bonchev–Trinajstić information content (AvgIpc) is 3.07. The predicted molar refractivity (Wildman–Crippen MR) is 83.6 cm³/mol. The lowest BCUT2D eigenvalue weighted by atomic mass is 9.98. The molecular weight excluding hydrogens is 286 g/mol. The van der Waals surface area contributed by atoms with Gasteiger partial charge in [0.1, 0.15) is 5.76 Å². The normalized spacial score (nSPS) is 14.6. The van der Waals surface area contributed by atoms with Gasteiger partial charge in [0, 0.05) is 49.3 Å². The molecule has 1 aliphatic rings. The maximum atomic E-state index is 6.47. The number of benzene rings is 1. The SMILES string of the molecule is Cc1cc(-c2ccn(C)n2)c2c3c(oc2c1Cl)CCNC3. The van der Waals surface area contributed by atoms with Gasteiger partial charge in [-0.3, -0.25) is 4.68 Å². The first-order valence-corrected chi connectivity index (χ1v) is 7.47. The number of aromatic nitrogens is 2. The van der Waals surface area contributed by atoms with Gasteiger partial charge in [0.15, 0.2) is 5.58 Å². The molecule has 3 heterocycles. The summed E-state index contributed by atoms with van der Waals surface area (Å²) in [5, 5.41) is 9.76. The van der Waals surface area contributed by atoms with E-state index in [1.165, 1.54) is 5.56 Å². The number of rotatable bonds is 1. The molecule has 4 nitrogen and oxygen atoms in total. The third-order valence-electron chi connectivity index (χ3n) is 4.09. The molecule has 1 N–H and O–H groups in total. The summed E-state index contributed by atoms with van der Waals surface area (Å²) in [4.78, 5) is 0. The van der Waals surface area contributed by atoms with Crippen molar-refractivity contribution < 1.29 is 4.42 Å². The number of hydrogen-bond acceptors (Lipinski definition) is 3. The molecule has 4 rings (SSSR count). The first kappa shape index (κ1) is 12.9. The van der Waals surface area contributed by atoms with Gasteiger partial charge < -0.3 is 9.73 Å². The van der Waals surface area contributed by atoms with Crippen LogP contribution in [0, 0.1) is 6.92 Å². The first-order valence-electron chi connectivity index (χ1n) is 7.09. The smallest absolute Gasteiger partial charge is 0.154 e. The van der Waals surface area contributed by atoms with Gasteiger partial charge in [-0.25, -0.2) is 0 Å². The Morgan fingerprint density at radius 3 is 3.05 bits per heavy atom. The molecule has 0 saturated heterocycles. The lowest BCUT2D eigenvalue weighted by Gasteiger charge is -2.12. The van der Waals surface area contributed by atoms with Gasteiger partial charge in [0.2, 0.25) is 0 Å². The Morgan fingerprint density at radius 2 is 2.29 bits per heavy atom. The summed E-state index contributed by atoms with van der Waals surface area (Å²) < 4.78 is 7.88. The number of hydrogen-bond donors (Lipinski definition) is 1. The molecule has 0 spiro atoms. The van der Waals surface area contributed by atoms with Crippen molar-refractivity contribution in [2.75, 3.05) is 6.54 Å². The maximum absolute atomic E-state index is 6.47. The average molecular weight is 302 g/mol. The van der Waals surface area contributed by atoms with E-state index in [0.717, 1.165) is 53.1 Å². The van der Waals surface area contributed by atoms with Crippen molar-refractivity contribution in [3.8, 4) is 11.3 Å². The molecule has 0 radical (unpaired) electrons. The molecule has 0 unspecified atom stereocenters. The van der Waals surface area contributed by atoms with Crippen LogP contribution in [0.3, 0.4) is 0 Å². The van der Waals surface area contributed by atoms with E-state index in [4.69, 9.17) is 16.0 Å². The van der Waals surface area contributed by atoms with Crippen molar-refractivity contribution >= 4 is 22.6 Å². The quantitative estimate of drug-likeness (QED) is 0.749. The Hall–Kier alpha value is -1.78. The molecule has 21 heavy (non-hydrogen) atoms. The highest BCUT2D eigenvalue weighted by atomic mass is 35.5. The topological polar surface area (TPSA) is 43.0 Å². The summed E-state index contributed by atoms with van der Waals surface area (Å²) in [7, 11) is 1.93. The number of furan rings is 1. The van der Waals surface area contributed by atoms with Gasteiger partial charge in [-0.2, -0.15) is 5.10 Å². The Morgan fingerprint density at radius 1 is 1.43 bits per heavy atom. The molecule has 108 valence electrons. The fourth-order valence-corrected chi connectivity index (χ4v) is 3.24. The number of nitrogens with zero attached hydrogens (tertiary/aromatic N) is 2. The molecule has 2 aromatic heterocycles. The lowest BCUT2D eigenvalue weighted by molar-refractivity contribution is 0.500. The molecular formula is C16H16ClN3O. The molecule has 1 aromatic carbocycles. The van der Waals surface area contributed by atoms with E-state index in [1.54, 1.807) is 0 Å². The second kappa shape index (κ2) is 4.61. The van der Waals surface area contributed by atoms with Crippen LogP contribution in [-0.2, 0) is 20.0 Å². The van der Waals surface area contributed by atoms with E-state index in [2.05, 4.69) is 16.5 Å². The second-order valence-electron chi connectivity index (χ2n) is 5.56. The molecule has 0 saturated carbocycles. The Bertz CT molecular complexity index is 847. The Balaban J connectivity index is 2.10. The van der Waals surface area contributed by atoms with Gasteiger partial charge >= 0.3 is 0 Å². The van der Waals surface area contributed by atoms with Gasteiger partial charge in [-0.05, 0) is 24.6 Å². The third-order valence-corrected chi connectivity index (χ3v) is 4.56. The molecule has 0 atom stereocenters. The van der Waals surface area contributed by atoms with Crippen molar-refractivity contribution in [1.82, 2.24) is 15.1 Å². The predicted octanol–water partition coefficient (Wildman–Crippen LogP) is 3.44. The highest BCUT2D eigenvalue weighted by Crippen LogP contribution is 2.40. The van der Waals surface area contributed by atoms with Crippen LogP contribution in [0.4, 0.5) is 0 Å².